The number of aromatic nitrogens is 2. The van der Waals surface area contributed by atoms with Crippen LogP contribution in [0.2, 0.25) is 0 Å². The molecule has 0 amide bonds. The fourth-order valence-electron chi connectivity index (χ4n) is 2.10. The molecule has 0 unspecified atom stereocenters. The van der Waals surface area contributed by atoms with Gasteiger partial charge in [-0.05, 0) is 36.2 Å². The molecule has 0 aliphatic rings. The van der Waals surface area contributed by atoms with Crippen LogP contribution in [0, 0.1) is 6.92 Å². The molecule has 0 saturated heterocycles. The van der Waals surface area contributed by atoms with Gasteiger partial charge in [0.05, 0.1) is 17.0 Å². The van der Waals surface area contributed by atoms with Crippen LogP contribution in [0.1, 0.15) is 17.0 Å². The Kier molecular flexibility index (Phi) is 3.62. The van der Waals surface area contributed by atoms with E-state index in [2.05, 4.69) is 10.1 Å². The maximum absolute atomic E-state index is 5.79. The first-order chi connectivity index (χ1) is 10.2. The molecule has 0 atom stereocenters. The first kappa shape index (κ1) is 13.6. The van der Waals surface area contributed by atoms with Crippen LogP contribution in [0.4, 0.5) is 5.00 Å². The number of methoxy groups -OCH3 is 1. The van der Waals surface area contributed by atoms with E-state index in [1.807, 2.05) is 37.3 Å². The van der Waals surface area contributed by atoms with E-state index < -0.39 is 0 Å². The van der Waals surface area contributed by atoms with Gasteiger partial charge in [0, 0.05) is 6.42 Å². The van der Waals surface area contributed by atoms with Gasteiger partial charge in [0.2, 0.25) is 0 Å². The molecule has 0 bridgehead atoms. The second kappa shape index (κ2) is 5.57. The Bertz CT molecular complexity index is 764. The Labute approximate surface area is 126 Å². The molecule has 2 N–H and O–H groups in total. The first-order valence-corrected chi connectivity index (χ1v) is 7.29. The average molecular weight is 301 g/mol. The van der Waals surface area contributed by atoms with E-state index >= 15 is 0 Å². The van der Waals surface area contributed by atoms with Gasteiger partial charge in [0.25, 0.3) is 5.89 Å². The van der Waals surface area contributed by atoms with E-state index in [1.54, 1.807) is 7.11 Å². The highest BCUT2D eigenvalue weighted by molar-refractivity contribution is 7.19. The third-order valence-corrected chi connectivity index (χ3v) is 4.15. The van der Waals surface area contributed by atoms with Gasteiger partial charge < -0.3 is 15.0 Å². The van der Waals surface area contributed by atoms with E-state index in [9.17, 15) is 0 Å². The number of thiophene rings is 1. The van der Waals surface area contributed by atoms with Crippen LogP contribution in [0.5, 0.6) is 5.75 Å². The molecule has 1 aromatic carbocycles. The number of nitrogens with zero attached hydrogens (tertiary/aromatic N) is 2. The van der Waals surface area contributed by atoms with Crippen molar-refractivity contribution in [1.82, 2.24) is 10.1 Å². The van der Waals surface area contributed by atoms with Gasteiger partial charge in [0.1, 0.15) is 5.75 Å². The minimum absolute atomic E-state index is 0.520. The molecule has 2 aromatic heterocycles. The van der Waals surface area contributed by atoms with Crippen molar-refractivity contribution in [2.24, 2.45) is 0 Å². The van der Waals surface area contributed by atoms with Crippen LogP contribution < -0.4 is 10.5 Å². The van der Waals surface area contributed by atoms with Crippen molar-refractivity contribution < 1.29 is 9.26 Å². The molecule has 5 nitrogen and oxygen atoms in total. The average Bonchev–Trinajstić information content (AvgIpc) is 3.05. The number of aryl methyl sites for hydroxylation is 1. The summed E-state index contributed by atoms with van der Waals surface area (Å²) in [6.45, 7) is 1.98. The predicted molar refractivity (Wildman–Crippen MR) is 82.6 cm³/mol. The lowest BCUT2D eigenvalue weighted by molar-refractivity contribution is 0.414. The van der Waals surface area contributed by atoms with Crippen LogP contribution in [0.25, 0.3) is 10.8 Å². The second-order valence-electron chi connectivity index (χ2n) is 4.70. The van der Waals surface area contributed by atoms with Crippen molar-refractivity contribution in [1.29, 1.82) is 0 Å². The molecule has 3 rings (SSSR count). The number of nitrogen functional groups attached to an aromatic ring is 1. The fraction of sp³-hybridized carbons (Fsp3) is 0.200. The number of benzene rings is 1. The summed E-state index contributed by atoms with van der Waals surface area (Å²) < 4.78 is 10.5. The molecule has 6 heteroatoms. The summed E-state index contributed by atoms with van der Waals surface area (Å²) in [5, 5.41) is 4.78. The zero-order valence-corrected chi connectivity index (χ0v) is 12.6. The first-order valence-electron chi connectivity index (χ1n) is 6.47. The largest absolute Gasteiger partial charge is 0.497 e. The molecule has 2 heterocycles. The van der Waals surface area contributed by atoms with Crippen molar-refractivity contribution in [3.8, 4) is 16.5 Å². The van der Waals surface area contributed by atoms with Crippen molar-refractivity contribution >= 4 is 16.3 Å². The van der Waals surface area contributed by atoms with Gasteiger partial charge in [-0.25, -0.2) is 0 Å². The van der Waals surface area contributed by atoms with Gasteiger partial charge in [-0.15, -0.1) is 11.3 Å². The molecule has 0 fully saturated rings. The summed E-state index contributed by atoms with van der Waals surface area (Å²) in [6.07, 6.45) is 0.598. The number of hydrogen-bond donors (Lipinski definition) is 1. The fourth-order valence-corrected chi connectivity index (χ4v) is 2.96. The molecule has 0 aliphatic carbocycles. The van der Waals surface area contributed by atoms with Gasteiger partial charge >= 0.3 is 0 Å². The summed E-state index contributed by atoms with van der Waals surface area (Å²) in [6, 6.07) is 9.73. The lowest BCUT2D eigenvalue weighted by Gasteiger charge is -2.01. The molecule has 3 aromatic rings. The van der Waals surface area contributed by atoms with Crippen LogP contribution >= 0.6 is 11.3 Å². The molecule has 21 heavy (non-hydrogen) atoms. The molecule has 108 valence electrons. The number of ether oxygens (including phenoxy) is 1. The van der Waals surface area contributed by atoms with Crippen molar-refractivity contribution in [3.63, 3.8) is 0 Å². The van der Waals surface area contributed by atoms with Crippen molar-refractivity contribution in [3.05, 3.63) is 47.3 Å². The predicted octanol–water partition coefficient (Wildman–Crippen LogP) is 3.29. The Morgan fingerprint density at radius 1 is 1.33 bits per heavy atom. The molecular formula is C15H15N3O2S. The summed E-state index contributed by atoms with van der Waals surface area (Å²) in [4.78, 5) is 5.37. The molecule has 0 aliphatic heterocycles. The Balaban J connectivity index is 1.83. The normalized spacial score (nSPS) is 10.8. The third kappa shape index (κ3) is 2.90. The smallest absolute Gasteiger partial charge is 0.268 e. The topological polar surface area (TPSA) is 74.2 Å². The van der Waals surface area contributed by atoms with E-state index in [1.165, 1.54) is 11.3 Å². The highest BCUT2D eigenvalue weighted by Crippen LogP contribution is 2.32. The number of hydrogen-bond acceptors (Lipinski definition) is 6. The third-order valence-electron chi connectivity index (χ3n) is 3.10. The van der Waals surface area contributed by atoms with Crippen LogP contribution in [0.3, 0.4) is 0 Å². The lowest BCUT2D eigenvalue weighted by atomic mass is 10.1. The monoisotopic (exact) mass is 301 g/mol. The Morgan fingerprint density at radius 3 is 2.90 bits per heavy atom. The van der Waals surface area contributed by atoms with E-state index in [4.69, 9.17) is 15.0 Å². The van der Waals surface area contributed by atoms with Gasteiger partial charge in [-0.2, -0.15) is 4.98 Å². The van der Waals surface area contributed by atoms with Gasteiger partial charge in [-0.1, -0.05) is 17.3 Å². The minimum atomic E-state index is 0.520. The highest BCUT2D eigenvalue weighted by atomic mass is 32.1. The number of anilines is 1. The molecular weight excluding hydrogens is 286 g/mol. The highest BCUT2D eigenvalue weighted by Gasteiger charge is 2.14. The Hall–Kier alpha value is -2.34. The molecule has 0 radical (unpaired) electrons. The summed E-state index contributed by atoms with van der Waals surface area (Å²) in [7, 11) is 1.65. The quantitative estimate of drug-likeness (QED) is 0.800. The maximum Gasteiger partial charge on any atom is 0.268 e. The van der Waals surface area contributed by atoms with E-state index in [0.29, 0.717) is 18.1 Å². The van der Waals surface area contributed by atoms with Crippen LogP contribution in [-0.2, 0) is 6.42 Å². The molecule has 0 spiro atoms. The standard InChI is InChI=1S/C15H15N3O2S/c1-9-6-12(16)21-14(9)15-17-13(18-20-15)8-10-4-3-5-11(7-10)19-2/h3-7H,8,16H2,1-2H3. The Morgan fingerprint density at radius 2 is 2.19 bits per heavy atom. The van der Waals surface area contributed by atoms with E-state index in [-0.39, 0.29) is 0 Å². The van der Waals surface area contributed by atoms with Crippen molar-refractivity contribution in [2.75, 3.05) is 12.8 Å². The van der Waals surface area contributed by atoms with Crippen LogP contribution in [-0.4, -0.2) is 17.3 Å². The lowest BCUT2D eigenvalue weighted by Crippen LogP contribution is -1.92. The molecule has 0 saturated carbocycles. The summed E-state index contributed by atoms with van der Waals surface area (Å²) in [5.74, 6) is 1.98. The van der Waals surface area contributed by atoms with Gasteiger partial charge in [-0.3, -0.25) is 0 Å². The minimum Gasteiger partial charge on any atom is -0.497 e. The number of rotatable bonds is 4. The number of nitrogens with two attached hydrogens (primary N) is 1. The van der Waals surface area contributed by atoms with Crippen molar-refractivity contribution in [2.45, 2.75) is 13.3 Å². The zero-order chi connectivity index (χ0) is 14.8. The summed E-state index contributed by atoms with van der Waals surface area (Å²) >= 11 is 1.45. The maximum atomic E-state index is 5.79. The SMILES string of the molecule is COc1cccc(Cc2noc(-c3sc(N)cc3C)n2)c1. The van der Waals surface area contributed by atoms with Gasteiger partial charge in [0.15, 0.2) is 5.82 Å². The zero-order valence-electron chi connectivity index (χ0n) is 11.8. The summed E-state index contributed by atoms with van der Waals surface area (Å²) in [5.41, 5.74) is 7.92. The second-order valence-corrected chi connectivity index (χ2v) is 5.79. The van der Waals surface area contributed by atoms with Crippen LogP contribution in [0.15, 0.2) is 34.9 Å². The van der Waals surface area contributed by atoms with E-state index in [0.717, 1.165) is 26.8 Å².